The molecule has 1 aromatic rings. The van der Waals surface area contributed by atoms with Gasteiger partial charge >= 0.3 is 5.97 Å². The molecule has 0 saturated heterocycles. The van der Waals surface area contributed by atoms with Crippen LogP contribution in [-0.2, 0) is 11.2 Å². The molecule has 2 aliphatic rings. The Kier molecular flexibility index (Phi) is 3.57. The molecule has 1 heterocycles. The van der Waals surface area contributed by atoms with E-state index < -0.39 is 11.4 Å². The number of aliphatic carboxylic acids is 1. The number of carbonyl (C=O) groups is 2. The van der Waals surface area contributed by atoms with Crippen LogP contribution in [0.4, 0.5) is 5.69 Å². The van der Waals surface area contributed by atoms with Gasteiger partial charge in [-0.15, -0.1) is 0 Å². The van der Waals surface area contributed by atoms with E-state index in [1.165, 1.54) is 0 Å². The van der Waals surface area contributed by atoms with Crippen LogP contribution < -0.4 is 10.6 Å². The lowest BCUT2D eigenvalue weighted by Crippen LogP contribution is -2.41. The number of fused-ring (bicyclic) bond motifs is 1. The maximum atomic E-state index is 12.2. The normalized spacial score (nSPS) is 18.9. The van der Waals surface area contributed by atoms with Crippen LogP contribution in [0.15, 0.2) is 18.2 Å². The largest absolute Gasteiger partial charge is 0.481 e. The lowest BCUT2D eigenvalue weighted by Gasteiger charge is -2.24. The van der Waals surface area contributed by atoms with Crippen molar-refractivity contribution in [2.24, 2.45) is 5.41 Å². The van der Waals surface area contributed by atoms with Crippen LogP contribution in [0.2, 0.25) is 0 Å². The summed E-state index contributed by atoms with van der Waals surface area (Å²) in [5.74, 6) is -0.976. The van der Waals surface area contributed by atoms with Crippen LogP contribution in [0, 0.1) is 5.41 Å². The van der Waals surface area contributed by atoms with Crippen molar-refractivity contribution < 1.29 is 14.7 Å². The third-order valence-electron chi connectivity index (χ3n) is 4.68. The number of carboxylic acid groups (broad SMARTS) is 1. The fraction of sp³-hybridized carbons (Fsp3) is 0.500. The topological polar surface area (TPSA) is 78.4 Å². The summed E-state index contributed by atoms with van der Waals surface area (Å²) in [5.41, 5.74) is 2.07. The van der Waals surface area contributed by atoms with Crippen LogP contribution in [-0.4, -0.2) is 30.1 Å². The van der Waals surface area contributed by atoms with Crippen molar-refractivity contribution in [3.63, 3.8) is 0 Å². The van der Waals surface area contributed by atoms with E-state index in [0.29, 0.717) is 18.4 Å². The van der Waals surface area contributed by atoms with Crippen LogP contribution >= 0.6 is 0 Å². The molecule has 0 atom stereocenters. The maximum Gasteiger partial charge on any atom is 0.311 e. The van der Waals surface area contributed by atoms with Crippen molar-refractivity contribution in [3.8, 4) is 0 Å². The van der Waals surface area contributed by atoms with Crippen LogP contribution in [0.1, 0.15) is 41.6 Å². The zero-order valence-corrected chi connectivity index (χ0v) is 11.9. The summed E-state index contributed by atoms with van der Waals surface area (Å²) < 4.78 is 0. The van der Waals surface area contributed by atoms with Crippen molar-refractivity contribution >= 4 is 17.6 Å². The molecule has 3 N–H and O–H groups in total. The molecule has 5 nitrogen and oxygen atoms in total. The smallest absolute Gasteiger partial charge is 0.311 e. The van der Waals surface area contributed by atoms with E-state index in [2.05, 4.69) is 10.6 Å². The van der Waals surface area contributed by atoms with Gasteiger partial charge in [0.2, 0.25) is 0 Å². The molecule has 1 saturated carbocycles. The first kappa shape index (κ1) is 13.9. The summed E-state index contributed by atoms with van der Waals surface area (Å²) in [6.45, 7) is 1.12. The molecule has 1 aliphatic carbocycles. The zero-order chi connectivity index (χ0) is 14.9. The monoisotopic (exact) mass is 288 g/mol. The Labute approximate surface area is 123 Å². The van der Waals surface area contributed by atoms with Gasteiger partial charge < -0.3 is 15.7 Å². The van der Waals surface area contributed by atoms with E-state index in [1.54, 1.807) is 6.07 Å². The van der Waals surface area contributed by atoms with Crippen molar-refractivity contribution in [1.82, 2.24) is 5.32 Å². The summed E-state index contributed by atoms with van der Waals surface area (Å²) in [5, 5.41) is 15.5. The predicted molar refractivity (Wildman–Crippen MR) is 79.5 cm³/mol. The van der Waals surface area contributed by atoms with Crippen LogP contribution in [0.5, 0.6) is 0 Å². The van der Waals surface area contributed by atoms with E-state index in [9.17, 15) is 14.7 Å². The first-order chi connectivity index (χ1) is 10.1. The molecular formula is C16H20N2O3. The minimum atomic E-state index is -0.793. The molecule has 0 aromatic heterocycles. The Morgan fingerprint density at radius 1 is 1.29 bits per heavy atom. The first-order valence-electron chi connectivity index (χ1n) is 7.49. The van der Waals surface area contributed by atoms with Crippen molar-refractivity contribution in [2.75, 3.05) is 18.4 Å². The molecular weight excluding hydrogens is 268 g/mol. The van der Waals surface area contributed by atoms with Crippen molar-refractivity contribution in [1.29, 1.82) is 0 Å². The third kappa shape index (κ3) is 2.60. The van der Waals surface area contributed by atoms with Crippen LogP contribution in [0.25, 0.3) is 0 Å². The number of rotatable bonds is 4. The lowest BCUT2D eigenvalue weighted by molar-refractivity contribution is -0.148. The Morgan fingerprint density at radius 2 is 2.05 bits per heavy atom. The molecule has 112 valence electrons. The standard InChI is InChI=1S/C16H20N2O3/c19-14(12-3-4-13-11(9-12)5-8-17-13)18-10-16(15(20)21)6-1-2-7-16/h3-4,9,17H,1-2,5-8,10H2,(H,18,19)(H,20,21). The molecule has 0 spiro atoms. The molecule has 1 aromatic carbocycles. The quantitative estimate of drug-likeness (QED) is 0.792. The molecule has 1 fully saturated rings. The highest BCUT2D eigenvalue weighted by Crippen LogP contribution is 2.37. The average Bonchev–Trinajstić information content (AvgIpc) is 3.13. The van der Waals surface area contributed by atoms with E-state index >= 15 is 0 Å². The van der Waals surface area contributed by atoms with Gasteiger partial charge in [0.15, 0.2) is 0 Å². The molecule has 21 heavy (non-hydrogen) atoms. The summed E-state index contributed by atoms with van der Waals surface area (Å²) in [6.07, 6.45) is 4.07. The van der Waals surface area contributed by atoms with E-state index in [0.717, 1.165) is 37.1 Å². The number of nitrogens with one attached hydrogen (secondary N) is 2. The third-order valence-corrected chi connectivity index (χ3v) is 4.68. The molecule has 1 aliphatic heterocycles. The second kappa shape index (κ2) is 5.39. The highest BCUT2D eigenvalue weighted by molar-refractivity contribution is 5.95. The molecule has 1 amide bonds. The van der Waals surface area contributed by atoms with E-state index in [4.69, 9.17) is 0 Å². The van der Waals surface area contributed by atoms with Gasteiger partial charge in [0, 0.05) is 24.3 Å². The van der Waals surface area contributed by atoms with Gasteiger partial charge in [-0.2, -0.15) is 0 Å². The molecule has 5 heteroatoms. The number of hydrogen-bond donors (Lipinski definition) is 3. The highest BCUT2D eigenvalue weighted by atomic mass is 16.4. The predicted octanol–water partition coefficient (Wildman–Crippen LogP) is 2.03. The Bertz CT molecular complexity index is 577. The zero-order valence-electron chi connectivity index (χ0n) is 11.9. The molecule has 0 bridgehead atoms. The molecule has 3 rings (SSSR count). The van der Waals surface area contributed by atoms with Gasteiger partial charge in [-0.3, -0.25) is 9.59 Å². The molecule has 0 unspecified atom stereocenters. The van der Waals surface area contributed by atoms with E-state index in [1.807, 2.05) is 12.1 Å². The lowest BCUT2D eigenvalue weighted by atomic mass is 9.86. The Hall–Kier alpha value is -2.04. The van der Waals surface area contributed by atoms with Gasteiger partial charge in [-0.05, 0) is 43.0 Å². The first-order valence-corrected chi connectivity index (χ1v) is 7.49. The second-order valence-electron chi connectivity index (χ2n) is 6.02. The number of anilines is 1. The SMILES string of the molecule is O=C(NCC1(C(=O)O)CCCC1)c1ccc2c(c1)CCN2. The fourth-order valence-corrected chi connectivity index (χ4v) is 3.32. The minimum absolute atomic E-state index is 0.183. The number of carbonyl (C=O) groups excluding carboxylic acids is 1. The van der Waals surface area contributed by atoms with Gasteiger partial charge in [-0.25, -0.2) is 0 Å². The number of amides is 1. The van der Waals surface area contributed by atoms with Gasteiger partial charge in [-0.1, -0.05) is 12.8 Å². The summed E-state index contributed by atoms with van der Waals surface area (Å²) in [4.78, 5) is 23.7. The summed E-state index contributed by atoms with van der Waals surface area (Å²) >= 11 is 0. The van der Waals surface area contributed by atoms with Crippen LogP contribution in [0.3, 0.4) is 0 Å². The van der Waals surface area contributed by atoms with Gasteiger partial charge in [0.1, 0.15) is 0 Å². The number of benzene rings is 1. The number of carboxylic acids is 1. The number of hydrogen-bond acceptors (Lipinski definition) is 3. The summed E-state index contributed by atoms with van der Waals surface area (Å²) in [7, 11) is 0. The van der Waals surface area contributed by atoms with Crippen molar-refractivity contribution in [3.05, 3.63) is 29.3 Å². The Morgan fingerprint density at radius 3 is 2.76 bits per heavy atom. The van der Waals surface area contributed by atoms with Gasteiger partial charge in [0.25, 0.3) is 5.91 Å². The minimum Gasteiger partial charge on any atom is -0.481 e. The highest BCUT2D eigenvalue weighted by Gasteiger charge is 2.41. The Balaban J connectivity index is 1.68. The average molecular weight is 288 g/mol. The second-order valence-corrected chi connectivity index (χ2v) is 6.02. The van der Waals surface area contributed by atoms with E-state index in [-0.39, 0.29) is 12.5 Å². The summed E-state index contributed by atoms with van der Waals surface area (Å²) in [6, 6.07) is 5.60. The maximum absolute atomic E-state index is 12.2. The fourth-order valence-electron chi connectivity index (χ4n) is 3.32. The molecule has 0 radical (unpaired) electrons. The van der Waals surface area contributed by atoms with Gasteiger partial charge in [0.05, 0.1) is 5.41 Å². The van der Waals surface area contributed by atoms with Crippen molar-refractivity contribution in [2.45, 2.75) is 32.1 Å².